The Morgan fingerprint density at radius 3 is 2.33 bits per heavy atom. The zero-order chi connectivity index (χ0) is 17.1. The van der Waals surface area contributed by atoms with Gasteiger partial charge in [-0.05, 0) is 38.8 Å². The van der Waals surface area contributed by atoms with E-state index in [1.54, 1.807) is 0 Å². The van der Waals surface area contributed by atoms with E-state index in [9.17, 15) is 9.59 Å². The molecule has 5 nitrogen and oxygen atoms in total. The van der Waals surface area contributed by atoms with Crippen molar-refractivity contribution in [2.75, 3.05) is 39.3 Å². The zero-order valence-electron chi connectivity index (χ0n) is 14.7. The van der Waals surface area contributed by atoms with Gasteiger partial charge in [0.2, 0.25) is 5.91 Å². The van der Waals surface area contributed by atoms with Gasteiger partial charge in [-0.15, -0.1) is 0 Å². The number of nitrogens with one attached hydrogen (secondary N) is 1. The molecule has 2 amide bonds. The largest absolute Gasteiger partial charge is 0.340 e. The number of rotatable bonds is 2. The Kier molecular flexibility index (Phi) is 5.19. The van der Waals surface area contributed by atoms with Crippen LogP contribution in [0.2, 0.25) is 0 Å². The van der Waals surface area contributed by atoms with Gasteiger partial charge in [0.15, 0.2) is 0 Å². The van der Waals surface area contributed by atoms with Crippen LogP contribution in [0.5, 0.6) is 0 Å². The van der Waals surface area contributed by atoms with Gasteiger partial charge in [-0.3, -0.25) is 9.59 Å². The van der Waals surface area contributed by atoms with Crippen molar-refractivity contribution in [3.8, 4) is 0 Å². The summed E-state index contributed by atoms with van der Waals surface area (Å²) in [4.78, 5) is 29.4. The van der Waals surface area contributed by atoms with Gasteiger partial charge in [0.25, 0.3) is 5.91 Å². The van der Waals surface area contributed by atoms with E-state index in [-0.39, 0.29) is 17.7 Å². The number of hydrogen-bond donors (Lipinski definition) is 1. The number of piperazine rings is 1. The molecule has 0 radical (unpaired) electrons. The Labute approximate surface area is 144 Å². The first kappa shape index (κ1) is 17.0. The molecular weight excluding hydrogens is 302 g/mol. The maximum atomic E-state index is 12.8. The van der Waals surface area contributed by atoms with Crippen molar-refractivity contribution in [1.29, 1.82) is 0 Å². The molecule has 1 N–H and O–H groups in total. The standard InChI is InChI=1S/C19H27N3O2/c1-14-10-15(2)12-17(11-14)19(24)22-7-3-4-16(13-22)18(23)21-8-5-20-6-9-21/h10-12,16,20H,3-9,13H2,1-2H3. The Balaban J connectivity index is 1.68. The summed E-state index contributed by atoms with van der Waals surface area (Å²) in [6.45, 7) is 8.60. The van der Waals surface area contributed by atoms with Gasteiger partial charge in [-0.1, -0.05) is 17.2 Å². The third-order valence-corrected chi connectivity index (χ3v) is 4.96. The lowest BCUT2D eigenvalue weighted by molar-refractivity contribution is -0.137. The first-order chi connectivity index (χ1) is 11.5. The van der Waals surface area contributed by atoms with Crippen LogP contribution in [-0.2, 0) is 4.79 Å². The van der Waals surface area contributed by atoms with Crippen LogP contribution in [0.1, 0.15) is 34.3 Å². The number of amides is 2. The summed E-state index contributed by atoms with van der Waals surface area (Å²) in [5.74, 6) is 0.223. The molecule has 2 saturated heterocycles. The van der Waals surface area contributed by atoms with Gasteiger partial charge < -0.3 is 15.1 Å². The summed E-state index contributed by atoms with van der Waals surface area (Å²) < 4.78 is 0. The van der Waals surface area contributed by atoms with Gasteiger partial charge in [0.1, 0.15) is 0 Å². The fraction of sp³-hybridized carbons (Fsp3) is 0.579. The molecule has 2 fully saturated rings. The molecule has 3 rings (SSSR count). The Morgan fingerprint density at radius 1 is 1.00 bits per heavy atom. The molecule has 0 bridgehead atoms. The average molecular weight is 329 g/mol. The van der Waals surface area contributed by atoms with Crippen LogP contribution in [-0.4, -0.2) is 60.9 Å². The number of nitrogens with zero attached hydrogens (tertiary/aromatic N) is 2. The molecule has 0 aromatic heterocycles. The van der Waals surface area contributed by atoms with Crippen molar-refractivity contribution >= 4 is 11.8 Å². The van der Waals surface area contributed by atoms with Gasteiger partial charge >= 0.3 is 0 Å². The number of piperidine rings is 1. The quantitative estimate of drug-likeness (QED) is 0.896. The van der Waals surface area contributed by atoms with E-state index in [1.807, 2.05) is 35.8 Å². The van der Waals surface area contributed by atoms with Crippen LogP contribution >= 0.6 is 0 Å². The van der Waals surface area contributed by atoms with Crippen LogP contribution in [0, 0.1) is 19.8 Å². The predicted molar refractivity (Wildman–Crippen MR) is 94.0 cm³/mol. The number of aryl methyl sites for hydroxylation is 2. The summed E-state index contributed by atoms with van der Waals surface area (Å²) in [5.41, 5.74) is 2.94. The monoisotopic (exact) mass is 329 g/mol. The van der Waals surface area contributed by atoms with E-state index in [2.05, 4.69) is 11.4 Å². The Morgan fingerprint density at radius 2 is 1.67 bits per heavy atom. The highest BCUT2D eigenvalue weighted by Crippen LogP contribution is 2.22. The van der Waals surface area contributed by atoms with Gasteiger partial charge in [0, 0.05) is 44.8 Å². The Hall–Kier alpha value is -1.88. The van der Waals surface area contributed by atoms with Crippen molar-refractivity contribution in [2.45, 2.75) is 26.7 Å². The molecule has 130 valence electrons. The molecule has 5 heteroatoms. The van der Waals surface area contributed by atoms with Gasteiger partial charge in [-0.2, -0.15) is 0 Å². The fourth-order valence-electron chi connectivity index (χ4n) is 3.79. The molecule has 2 aliphatic heterocycles. The summed E-state index contributed by atoms with van der Waals surface area (Å²) >= 11 is 0. The van der Waals surface area contributed by atoms with Crippen molar-refractivity contribution in [2.24, 2.45) is 5.92 Å². The van der Waals surface area contributed by atoms with E-state index < -0.39 is 0 Å². The first-order valence-electron chi connectivity index (χ1n) is 8.91. The molecule has 2 aliphatic rings. The van der Waals surface area contributed by atoms with Gasteiger partial charge in [-0.25, -0.2) is 0 Å². The van der Waals surface area contributed by atoms with E-state index in [4.69, 9.17) is 0 Å². The van der Waals surface area contributed by atoms with E-state index in [0.717, 1.165) is 62.3 Å². The van der Waals surface area contributed by atoms with Crippen LogP contribution in [0.3, 0.4) is 0 Å². The van der Waals surface area contributed by atoms with E-state index in [0.29, 0.717) is 6.54 Å². The van der Waals surface area contributed by atoms with Crippen LogP contribution in [0.4, 0.5) is 0 Å². The number of likely N-dealkylation sites (tertiary alicyclic amines) is 1. The lowest BCUT2D eigenvalue weighted by atomic mass is 9.95. The van der Waals surface area contributed by atoms with Crippen LogP contribution in [0.15, 0.2) is 18.2 Å². The number of hydrogen-bond acceptors (Lipinski definition) is 3. The van der Waals surface area contributed by atoms with Gasteiger partial charge in [0.05, 0.1) is 5.92 Å². The minimum absolute atomic E-state index is 0.0493. The molecule has 1 atom stereocenters. The first-order valence-corrected chi connectivity index (χ1v) is 8.91. The third kappa shape index (κ3) is 3.78. The van der Waals surface area contributed by atoms with Crippen LogP contribution < -0.4 is 5.32 Å². The zero-order valence-corrected chi connectivity index (χ0v) is 14.7. The molecule has 0 aliphatic carbocycles. The molecule has 0 saturated carbocycles. The van der Waals surface area contributed by atoms with Crippen LogP contribution in [0.25, 0.3) is 0 Å². The second kappa shape index (κ2) is 7.34. The number of carbonyl (C=O) groups is 2. The maximum Gasteiger partial charge on any atom is 0.253 e. The lowest BCUT2D eigenvalue weighted by Crippen LogP contribution is -2.52. The SMILES string of the molecule is Cc1cc(C)cc(C(=O)N2CCCC(C(=O)N3CCNCC3)C2)c1. The number of carbonyl (C=O) groups excluding carboxylic acids is 2. The minimum Gasteiger partial charge on any atom is -0.340 e. The summed E-state index contributed by atoms with van der Waals surface area (Å²) in [5, 5.41) is 3.27. The summed E-state index contributed by atoms with van der Waals surface area (Å²) in [6, 6.07) is 5.96. The Bertz CT molecular complexity index is 603. The van der Waals surface area contributed by atoms with Crippen molar-refractivity contribution < 1.29 is 9.59 Å². The summed E-state index contributed by atoms with van der Waals surface area (Å²) in [6.07, 6.45) is 1.79. The molecule has 1 aromatic carbocycles. The van der Waals surface area contributed by atoms with Crippen molar-refractivity contribution in [1.82, 2.24) is 15.1 Å². The highest BCUT2D eigenvalue weighted by molar-refractivity contribution is 5.95. The number of benzene rings is 1. The molecule has 1 unspecified atom stereocenters. The second-order valence-corrected chi connectivity index (χ2v) is 7.04. The highest BCUT2D eigenvalue weighted by Gasteiger charge is 2.32. The highest BCUT2D eigenvalue weighted by atomic mass is 16.2. The third-order valence-electron chi connectivity index (χ3n) is 4.96. The smallest absolute Gasteiger partial charge is 0.253 e. The molecular formula is C19H27N3O2. The average Bonchev–Trinajstić information content (AvgIpc) is 2.60. The normalized spacial score (nSPS) is 21.7. The van der Waals surface area contributed by atoms with Crippen molar-refractivity contribution in [3.63, 3.8) is 0 Å². The lowest BCUT2D eigenvalue weighted by Gasteiger charge is -2.36. The molecule has 0 spiro atoms. The summed E-state index contributed by atoms with van der Waals surface area (Å²) in [7, 11) is 0. The van der Waals surface area contributed by atoms with E-state index >= 15 is 0 Å². The minimum atomic E-state index is -0.0493. The predicted octanol–water partition coefficient (Wildman–Crippen LogP) is 1.59. The maximum absolute atomic E-state index is 12.8. The molecule has 2 heterocycles. The van der Waals surface area contributed by atoms with Crippen molar-refractivity contribution in [3.05, 3.63) is 34.9 Å². The fourth-order valence-corrected chi connectivity index (χ4v) is 3.79. The molecule has 24 heavy (non-hydrogen) atoms. The van der Waals surface area contributed by atoms with E-state index in [1.165, 1.54) is 0 Å². The molecule has 1 aromatic rings. The second-order valence-electron chi connectivity index (χ2n) is 7.04. The topological polar surface area (TPSA) is 52.7 Å².